The number of fused-ring (bicyclic) bond motifs is 2. The van der Waals surface area contributed by atoms with Gasteiger partial charge in [-0.15, -0.1) is 0 Å². The van der Waals surface area contributed by atoms with Crippen LogP contribution in [-0.4, -0.2) is 57.8 Å². The fourth-order valence-electron chi connectivity index (χ4n) is 4.24. The summed E-state index contributed by atoms with van der Waals surface area (Å²) >= 11 is 0. The number of hydrogen-bond donors (Lipinski definition) is 3. The molecule has 0 saturated carbocycles. The molecule has 1 aromatic carbocycles. The standard InChI is InChI=1S/C30H33NO8/c1-19-22-17-30(36,16-12-7-6-11-15-23(22)37-20(2)32)18-24(19)38-27(34)26(33)25(21-13-9-8-10-14-21)31-28(35)39-29(3,4)5/h6-10,13-14,23-26,33,36H,17-18H2,1-5H3,(H,31,35)/b7-6-/t23-,24-,25-,26+,30-/m0/s1. The number of amides is 1. The Morgan fingerprint density at radius 1 is 1.10 bits per heavy atom. The van der Waals surface area contributed by atoms with E-state index in [-0.39, 0.29) is 12.8 Å². The van der Waals surface area contributed by atoms with Crippen molar-refractivity contribution in [3.8, 4) is 23.7 Å². The van der Waals surface area contributed by atoms with Crippen molar-refractivity contribution in [3.63, 3.8) is 0 Å². The Balaban J connectivity index is 1.92. The predicted octanol–water partition coefficient (Wildman–Crippen LogP) is 2.87. The van der Waals surface area contributed by atoms with Crippen LogP contribution in [0.1, 0.15) is 59.1 Å². The Labute approximate surface area is 228 Å². The topological polar surface area (TPSA) is 131 Å². The zero-order chi connectivity index (χ0) is 28.8. The first-order valence-corrected chi connectivity index (χ1v) is 12.5. The Morgan fingerprint density at radius 2 is 1.77 bits per heavy atom. The summed E-state index contributed by atoms with van der Waals surface area (Å²) in [7, 11) is 0. The van der Waals surface area contributed by atoms with Gasteiger partial charge in [0.25, 0.3) is 0 Å². The second kappa shape index (κ2) is 12.2. The second-order valence-electron chi connectivity index (χ2n) is 10.4. The molecule has 2 aliphatic carbocycles. The molecule has 0 aliphatic heterocycles. The number of carbonyl (C=O) groups excluding carboxylic acids is 3. The first kappa shape index (κ1) is 29.5. The number of aliphatic hydroxyl groups is 2. The third-order valence-corrected chi connectivity index (χ3v) is 6.01. The van der Waals surface area contributed by atoms with Crippen LogP contribution in [0.3, 0.4) is 0 Å². The van der Waals surface area contributed by atoms with Crippen LogP contribution in [0.15, 0.2) is 53.6 Å². The lowest BCUT2D eigenvalue weighted by molar-refractivity contribution is -0.161. The van der Waals surface area contributed by atoms with E-state index in [9.17, 15) is 24.6 Å². The molecule has 3 N–H and O–H groups in total. The highest BCUT2D eigenvalue weighted by Gasteiger charge is 2.42. The molecule has 206 valence electrons. The zero-order valence-corrected chi connectivity index (χ0v) is 22.6. The molecule has 9 heteroatoms. The molecule has 1 amide bonds. The van der Waals surface area contributed by atoms with Gasteiger partial charge in [0.2, 0.25) is 0 Å². The van der Waals surface area contributed by atoms with Crippen molar-refractivity contribution in [1.29, 1.82) is 0 Å². The Kier molecular flexibility index (Phi) is 9.24. The van der Waals surface area contributed by atoms with Crippen molar-refractivity contribution < 1.29 is 38.8 Å². The van der Waals surface area contributed by atoms with Crippen LogP contribution in [0, 0.1) is 23.7 Å². The normalized spacial score (nSPS) is 24.4. The van der Waals surface area contributed by atoms with Crippen molar-refractivity contribution in [2.45, 2.75) is 83.0 Å². The Morgan fingerprint density at radius 3 is 2.41 bits per heavy atom. The average molecular weight is 536 g/mol. The number of hydrogen-bond acceptors (Lipinski definition) is 8. The van der Waals surface area contributed by atoms with Crippen LogP contribution in [0.25, 0.3) is 0 Å². The largest absolute Gasteiger partial charge is 0.456 e. The summed E-state index contributed by atoms with van der Waals surface area (Å²) in [6, 6.07) is 7.26. The number of allylic oxidation sites excluding steroid dienone is 2. The van der Waals surface area contributed by atoms with Crippen molar-refractivity contribution in [2.24, 2.45) is 0 Å². The zero-order valence-electron chi connectivity index (χ0n) is 22.6. The highest BCUT2D eigenvalue weighted by molar-refractivity contribution is 5.78. The van der Waals surface area contributed by atoms with E-state index in [1.165, 1.54) is 19.1 Å². The van der Waals surface area contributed by atoms with Crippen molar-refractivity contribution in [2.75, 3.05) is 0 Å². The van der Waals surface area contributed by atoms with Crippen LogP contribution in [0.5, 0.6) is 0 Å². The van der Waals surface area contributed by atoms with E-state index in [1.807, 2.05) is 0 Å². The molecule has 9 nitrogen and oxygen atoms in total. The molecule has 2 aliphatic rings. The van der Waals surface area contributed by atoms with E-state index in [2.05, 4.69) is 29.0 Å². The molecule has 0 radical (unpaired) electrons. The maximum atomic E-state index is 13.3. The van der Waals surface area contributed by atoms with Gasteiger partial charge < -0.3 is 29.7 Å². The maximum absolute atomic E-state index is 13.3. The number of carbonyl (C=O) groups is 3. The molecule has 5 atom stereocenters. The lowest BCUT2D eigenvalue weighted by Gasteiger charge is -2.37. The summed E-state index contributed by atoms with van der Waals surface area (Å²) < 4.78 is 16.4. The van der Waals surface area contributed by atoms with Gasteiger partial charge in [0.05, 0.1) is 6.04 Å². The molecular formula is C30H33NO8. The molecule has 1 aromatic rings. The molecule has 2 bridgehead atoms. The third-order valence-electron chi connectivity index (χ3n) is 6.01. The average Bonchev–Trinajstić information content (AvgIpc) is 2.84. The number of alkyl carbamates (subject to hydrolysis) is 1. The molecule has 0 saturated heterocycles. The molecular weight excluding hydrogens is 502 g/mol. The van der Waals surface area contributed by atoms with E-state index in [4.69, 9.17) is 14.2 Å². The van der Waals surface area contributed by atoms with Gasteiger partial charge in [-0.2, -0.15) is 0 Å². The number of benzene rings is 1. The van der Waals surface area contributed by atoms with Gasteiger partial charge in [-0.05, 0) is 62.5 Å². The van der Waals surface area contributed by atoms with Crippen molar-refractivity contribution >= 4 is 18.0 Å². The monoisotopic (exact) mass is 535 g/mol. The Hall–Kier alpha value is -4.05. The van der Waals surface area contributed by atoms with Crippen LogP contribution in [-0.2, 0) is 23.8 Å². The SMILES string of the molecule is CC(=O)O[C@H]1C#C/C=C\C#C[C@]2(O)CC1=C(C)[C@@H](OC(=O)[C@H](O)[C@@H](NC(=O)OC(C)(C)C)c1ccccc1)C2. The molecule has 0 heterocycles. The second-order valence-corrected chi connectivity index (χ2v) is 10.4. The first-order chi connectivity index (χ1) is 18.3. The molecule has 0 fully saturated rings. The van der Waals surface area contributed by atoms with Crippen LogP contribution >= 0.6 is 0 Å². The van der Waals surface area contributed by atoms with Crippen LogP contribution in [0.2, 0.25) is 0 Å². The molecule has 39 heavy (non-hydrogen) atoms. The van der Waals surface area contributed by atoms with Gasteiger partial charge in [-0.1, -0.05) is 48.1 Å². The quantitative estimate of drug-likeness (QED) is 0.219. The fourth-order valence-corrected chi connectivity index (χ4v) is 4.24. The predicted molar refractivity (Wildman–Crippen MR) is 142 cm³/mol. The summed E-state index contributed by atoms with van der Waals surface area (Å²) in [5.74, 6) is 9.49. The van der Waals surface area contributed by atoms with Crippen LogP contribution in [0.4, 0.5) is 4.79 Å². The summed E-state index contributed by atoms with van der Waals surface area (Å²) in [6.07, 6.45) is -1.76. The minimum atomic E-state index is -1.82. The lowest BCUT2D eigenvalue weighted by atomic mass is 9.77. The van der Waals surface area contributed by atoms with E-state index >= 15 is 0 Å². The van der Waals surface area contributed by atoms with E-state index < -0.39 is 53.6 Å². The highest BCUT2D eigenvalue weighted by Crippen LogP contribution is 2.37. The summed E-state index contributed by atoms with van der Waals surface area (Å²) in [6.45, 7) is 8.00. The molecule has 0 aromatic heterocycles. The number of esters is 2. The number of aliphatic hydroxyl groups excluding tert-OH is 1. The van der Waals surface area contributed by atoms with Crippen molar-refractivity contribution in [3.05, 3.63) is 59.2 Å². The highest BCUT2D eigenvalue weighted by atomic mass is 16.6. The van der Waals surface area contributed by atoms with E-state index in [0.29, 0.717) is 16.7 Å². The summed E-state index contributed by atoms with van der Waals surface area (Å²) in [5.41, 5.74) is -0.994. The van der Waals surface area contributed by atoms with Gasteiger partial charge in [-0.3, -0.25) is 4.79 Å². The number of ether oxygens (including phenoxy) is 3. The fraction of sp³-hybridized carbons (Fsp3) is 0.433. The minimum Gasteiger partial charge on any atom is -0.456 e. The van der Waals surface area contributed by atoms with Gasteiger partial charge >= 0.3 is 18.0 Å². The minimum absolute atomic E-state index is 0.0236. The molecule has 0 unspecified atom stereocenters. The van der Waals surface area contributed by atoms with Crippen LogP contribution < -0.4 is 5.32 Å². The van der Waals surface area contributed by atoms with E-state index in [0.717, 1.165) is 0 Å². The lowest BCUT2D eigenvalue weighted by Crippen LogP contribution is -2.46. The van der Waals surface area contributed by atoms with Crippen molar-refractivity contribution in [1.82, 2.24) is 5.32 Å². The smallest absolute Gasteiger partial charge is 0.408 e. The molecule has 0 spiro atoms. The van der Waals surface area contributed by atoms with Gasteiger partial charge in [-0.25, -0.2) is 9.59 Å². The number of nitrogens with one attached hydrogen (secondary N) is 1. The molecule has 3 rings (SSSR count). The summed E-state index contributed by atoms with van der Waals surface area (Å²) in [5, 5.41) is 24.9. The Bertz CT molecular complexity index is 1290. The van der Waals surface area contributed by atoms with Gasteiger partial charge in [0.1, 0.15) is 17.3 Å². The van der Waals surface area contributed by atoms with Gasteiger partial charge in [0, 0.05) is 19.8 Å². The first-order valence-electron chi connectivity index (χ1n) is 12.5. The third kappa shape index (κ3) is 8.22. The maximum Gasteiger partial charge on any atom is 0.408 e. The van der Waals surface area contributed by atoms with Gasteiger partial charge in [0.15, 0.2) is 12.2 Å². The number of rotatable bonds is 6. The van der Waals surface area contributed by atoms with E-state index in [1.54, 1.807) is 58.0 Å². The summed E-state index contributed by atoms with van der Waals surface area (Å²) in [4.78, 5) is 37.6.